The van der Waals surface area contributed by atoms with E-state index in [0.717, 1.165) is 33.3 Å². The maximum atomic E-state index is 5.85. The first-order valence-electron chi connectivity index (χ1n) is 5.68. The van der Waals surface area contributed by atoms with Gasteiger partial charge in [-0.2, -0.15) is 9.61 Å². The third-order valence-electron chi connectivity index (χ3n) is 2.70. The van der Waals surface area contributed by atoms with Crippen LogP contribution in [-0.4, -0.2) is 19.8 Å². The summed E-state index contributed by atoms with van der Waals surface area (Å²) in [6.07, 6.45) is 0.825. The van der Waals surface area contributed by atoms with Gasteiger partial charge in [0, 0.05) is 17.9 Å². The van der Waals surface area contributed by atoms with Crippen LogP contribution in [0.2, 0.25) is 0 Å². The summed E-state index contributed by atoms with van der Waals surface area (Å²) in [5.74, 6) is 1.40. The number of benzene rings is 1. The fraction of sp³-hybridized carbons (Fsp3) is 0.250. The second-order valence-corrected chi connectivity index (χ2v) is 5.13. The van der Waals surface area contributed by atoms with Gasteiger partial charge < -0.3 is 0 Å². The van der Waals surface area contributed by atoms with Crippen LogP contribution in [0.15, 0.2) is 24.3 Å². The number of rotatable bonds is 3. The lowest BCUT2D eigenvalue weighted by Gasteiger charge is -1.98. The number of hydrogen-bond donors (Lipinski definition) is 0. The minimum Gasteiger partial charge on any atom is -0.187 e. The third-order valence-corrected chi connectivity index (χ3v) is 3.96. The Morgan fingerprint density at radius 2 is 2.22 bits per heavy atom. The highest BCUT2D eigenvalue weighted by Gasteiger charge is 2.11. The normalized spacial score (nSPS) is 11.2. The van der Waals surface area contributed by atoms with E-state index < -0.39 is 0 Å². The van der Waals surface area contributed by atoms with Crippen LogP contribution in [0.25, 0.3) is 15.5 Å². The molecule has 0 saturated heterocycles. The molecule has 0 spiro atoms. The molecule has 0 bridgehead atoms. The summed E-state index contributed by atoms with van der Waals surface area (Å²) in [5.41, 5.74) is 2.17. The molecular weight excluding hydrogens is 268 g/mol. The van der Waals surface area contributed by atoms with Gasteiger partial charge in [0.15, 0.2) is 5.82 Å². The highest BCUT2D eigenvalue weighted by atomic mass is 35.5. The quantitative estimate of drug-likeness (QED) is 0.691. The predicted molar refractivity (Wildman–Crippen MR) is 73.0 cm³/mol. The molecule has 0 aliphatic rings. The third kappa shape index (κ3) is 1.89. The second kappa shape index (κ2) is 4.66. The van der Waals surface area contributed by atoms with E-state index >= 15 is 0 Å². The molecule has 1 aromatic carbocycles. The van der Waals surface area contributed by atoms with E-state index in [4.69, 9.17) is 11.6 Å². The van der Waals surface area contributed by atoms with Crippen LogP contribution in [0.5, 0.6) is 0 Å². The molecule has 2 heterocycles. The molecule has 2 aromatic heterocycles. The summed E-state index contributed by atoms with van der Waals surface area (Å²) < 4.78 is 1.81. The average molecular weight is 279 g/mol. The number of hydrogen-bond acceptors (Lipinski definition) is 4. The van der Waals surface area contributed by atoms with Gasteiger partial charge in [-0.25, -0.2) is 0 Å². The summed E-state index contributed by atoms with van der Waals surface area (Å²) in [6.45, 7) is 2.05. The molecule has 18 heavy (non-hydrogen) atoms. The SMILES string of the molecule is CCc1nnc2sc(-c3cccc(CCl)c3)nn12. The van der Waals surface area contributed by atoms with Gasteiger partial charge in [-0.05, 0) is 11.6 Å². The van der Waals surface area contributed by atoms with Gasteiger partial charge in [-0.3, -0.25) is 0 Å². The van der Waals surface area contributed by atoms with Crippen molar-refractivity contribution >= 4 is 27.9 Å². The van der Waals surface area contributed by atoms with Gasteiger partial charge in [0.25, 0.3) is 0 Å². The molecule has 0 N–H and O–H groups in total. The summed E-state index contributed by atoms with van der Waals surface area (Å²) >= 11 is 7.39. The average Bonchev–Trinajstić information content (AvgIpc) is 2.98. The second-order valence-electron chi connectivity index (χ2n) is 3.91. The molecule has 0 atom stereocenters. The maximum Gasteiger partial charge on any atom is 0.234 e. The van der Waals surface area contributed by atoms with Crippen molar-refractivity contribution in [1.82, 2.24) is 19.8 Å². The van der Waals surface area contributed by atoms with Gasteiger partial charge in [-0.1, -0.05) is 36.5 Å². The lowest BCUT2D eigenvalue weighted by atomic mass is 10.1. The molecule has 6 heteroatoms. The zero-order valence-electron chi connectivity index (χ0n) is 9.80. The van der Waals surface area contributed by atoms with E-state index in [1.54, 1.807) is 11.3 Å². The minimum absolute atomic E-state index is 0.512. The Morgan fingerprint density at radius 1 is 1.33 bits per heavy atom. The molecule has 0 amide bonds. The van der Waals surface area contributed by atoms with Crippen LogP contribution in [0, 0.1) is 0 Å². The fourth-order valence-corrected chi connectivity index (χ4v) is 2.80. The maximum absolute atomic E-state index is 5.85. The lowest BCUT2D eigenvalue weighted by Crippen LogP contribution is -1.93. The van der Waals surface area contributed by atoms with E-state index in [2.05, 4.69) is 21.4 Å². The van der Waals surface area contributed by atoms with Gasteiger partial charge in [0.2, 0.25) is 4.96 Å². The van der Waals surface area contributed by atoms with Gasteiger partial charge in [-0.15, -0.1) is 21.8 Å². The number of nitrogens with zero attached hydrogens (tertiary/aromatic N) is 4. The lowest BCUT2D eigenvalue weighted by molar-refractivity contribution is 0.838. The van der Waals surface area contributed by atoms with Crippen molar-refractivity contribution in [1.29, 1.82) is 0 Å². The molecule has 0 aliphatic heterocycles. The number of halogens is 1. The van der Waals surface area contributed by atoms with E-state index in [-0.39, 0.29) is 0 Å². The van der Waals surface area contributed by atoms with Crippen LogP contribution in [0.3, 0.4) is 0 Å². The molecule has 0 saturated carbocycles. The van der Waals surface area contributed by atoms with Crippen LogP contribution in [-0.2, 0) is 12.3 Å². The van der Waals surface area contributed by atoms with Crippen LogP contribution in [0.4, 0.5) is 0 Å². The number of aryl methyl sites for hydroxylation is 1. The smallest absolute Gasteiger partial charge is 0.187 e. The number of fused-ring (bicyclic) bond motifs is 1. The van der Waals surface area contributed by atoms with Crippen LogP contribution < -0.4 is 0 Å². The molecule has 3 rings (SSSR count). The first kappa shape index (κ1) is 11.6. The molecular formula is C12H11ClN4S. The van der Waals surface area contributed by atoms with Crippen LogP contribution in [0.1, 0.15) is 18.3 Å². The first-order valence-corrected chi connectivity index (χ1v) is 7.03. The van der Waals surface area contributed by atoms with Crippen molar-refractivity contribution in [2.24, 2.45) is 0 Å². The van der Waals surface area contributed by atoms with Crippen molar-refractivity contribution < 1.29 is 0 Å². The number of alkyl halides is 1. The summed E-state index contributed by atoms with van der Waals surface area (Å²) in [5, 5.41) is 13.7. The molecule has 92 valence electrons. The Bertz CT molecular complexity index is 688. The number of aromatic nitrogens is 4. The molecule has 0 fully saturated rings. The minimum atomic E-state index is 0.512. The standard InChI is InChI=1S/C12H11ClN4S/c1-2-10-14-15-12-17(10)16-11(18-12)9-5-3-4-8(6-9)7-13/h3-6H,2,7H2,1H3. The summed E-state index contributed by atoms with van der Waals surface area (Å²) in [4.78, 5) is 0.832. The van der Waals surface area contributed by atoms with Crippen molar-refractivity contribution in [3.05, 3.63) is 35.7 Å². The molecule has 0 radical (unpaired) electrons. The van der Waals surface area contributed by atoms with Gasteiger partial charge >= 0.3 is 0 Å². The van der Waals surface area contributed by atoms with E-state index in [1.807, 2.05) is 29.6 Å². The van der Waals surface area contributed by atoms with E-state index in [1.165, 1.54) is 0 Å². The van der Waals surface area contributed by atoms with Crippen LogP contribution >= 0.6 is 22.9 Å². The Balaban J connectivity index is 2.10. The van der Waals surface area contributed by atoms with Crippen molar-refractivity contribution in [3.63, 3.8) is 0 Å². The predicted octanol–water partition coefficient (Wildman–Crippen LogP) is 3.15. The summed E-state index contributed by atoms with van der Waals surface area (Å²) in [7, 11) is 0. The van der Waals surface area contributed by atoms with Crippen molar-refractivity contribution in [3.8, 4) is 10.6 Å². The first-order chi connectivity index (χ1) is 8.81. The topological polar surface area (TPSA) is 43.1 Å². The molecule has 0 unspecified atom stereocenters. The molecule has 4 nitrogen and oxygen atoms in total. The monoisotopic (exact) mass is 278 g/mol. The van der Waals surface area contributed by atoms with Crippen molar-refractivity contribution in [2.75, 3.05) is 0 Å². The largest absolute Gasteiger partial charge is 0.234 e. The highest BCUT2D eigenvalue weighted by molar-refractivity contribution is 7.19. The van der Waals surface area contributed by atoms with Crippen molar-refractivity contribution in [2.45, 2.75) is 19.2 Å². The Labute approximate surface area is 113 Å². The summed E-state index contributed by atoms with van der Waals surface area (Å²) in [6, 6.07) is 8.10. The van der Waals surface area contributed by atoms with E-state index in [9.17, 15) is 0 Å². The zero-order chi connectivity index (χ0) is 12.5. The zero-order valence-corrected chi connectivity index (χ0v) is 11.4. The Morgan fingerprint density at radius 3 is 3.00 bits per heavy atom. The van der Waals surface area contributed by atoms with E-state index in [0.29, 0.717) is 5.88 Å². The molecule has 0 aliphatic carbocycles. The van der Waals surface area contributed by atoms with Gasteiger partial charge in [0.05, 0.1) is 0 Å². The Hall–Kier alpha value is -1.46. The Kier molecular flexibility index (Phi) is 3.01. The molecule has 3 aromatic rings. The fourth-order valence-electron chi connectivity index (χ4n) is 1.78. The van der Waals surface area contributed by atoms with Gasteiger partial charge in [0.1, 0.15) is 5.01 Å². The highest BCUT2D eigenvalue weighted by Crippen LogP contribution is 2.26.